The number of anilines is 1. The predicted molar refractivity (Wildman–Crippen MR) is 99.7 cm³/mol. The summed E-state index contributed by atoms with van der Waals surface area (Å²) in [6.07, 6.45) is -3.64. The van der Waals surface area contributed by atoms with Gasteiger partial charge in [0.2, 0.25) is 11.7 Å². The van der Waals surface area contributed by atoms with Gasteiger partial charge >= 0.3 is 6.18 Å². The molecule has 0 amide bonds. The van der Waals surface area contributed by atoms with Gasteiger partial charge in [-0.3, -0.25) is 4.79 Å². The van der Waals surface area contributed by atoms with Gasteiger partial charge in [-0.2, -0.15) is 23.3 Å². The molecule has 0 saturated carbocycles. The van der Waals surface area contributed by atoms with Crippen LogP contribution < -0.4 is 5.32 Å². The first-order chi connectivity index (χ1) is 13.3. The number of nitrogens with zero attached hydrogens (tertiary/aromatic N) is 3. The van der Waals surface area contributed by atoms with Crippen LogP contribution in [0.2, 0.25) is 5.02 Å². The molecular weight excluding hydrogens is 413 g/mol. The lowest BCUT2D eigenvalue weighted by Crippen LogP contribution is -2.35. The Balaban J connectivity index is 1.97. The monoisotopic (exact) mass is 424 g/mol. The average molecular weight is 425 g/mol. The van der Waals surface area contributed by atoms with E-state index in [1.807, 2.05) is 0 Å². The van der Waals surface area contributed by atoms with Crippen molar-refractivity contribution in [3.63, 3.8) is 0 Å². The van der Waals surface area contributed by atoms with Crippen molar-refractivity contribution in [2.45, 2.75) is 19.1 Å². The molecule has 0 saturated heterocycles. The number of carbonyl (C=O) groups excluding carboxylic acids is 1. The van der Waals surface area contributed by atoms with Crippen LogP contribution in [0.15, 0.2) is 54.0 Å². The van der Waals surface area contributed by atoms with E-state index in [1.165, 1.54) is 10.7 Å². The zero-order valence-electron chi connectivity index (χ0n) is 14.3. The Morgan fingerprint density at radius 1 is 1.21 bits per heavy atom. The maximum Gasteiger partial charge on any atom is 0.431 e. The number of aryl methyl sites for hydroxylation is 1. The summed E-state index contributed by atoms with van der Waals surface area (Å²) in [5.74, 6) is -0.801. The van der Waals surface area contributed by atoms with Gasteiger partial charge in [-0.05, 0) is 36.8 Å². The van der Waals surface area contributed by atoms with Crippen LogP contribution in [-0.4, -0.2) is 26.7 Å². The van der Waals surface area contributed by atoms with Crippen LogP contribution in [0, 0.1) is 6.92 Å². The van der Waals surface area contributed by atoms with Crippen molar-refractivity contribution >= 4 is 34.7 Å². The van der Waals surface area contributed by atoms with Gasteiger partial charge < -0.3 is 5.32 Å². The van der Waals surface area contributed by atoms with Crippen molar-refractivity contribution in [2.75, 3.05) is 5.32 Å². The second kappa shape index (κ2) is 6.75. The lowest BCUT2D eigenvalue weighted by molar-refractivity contribution is -0.0918. The van der Waals surface area contributed by atoms with E-state index < -0.39 is 29.3 Å². The van der Waals surface area contributed by atoms with Crippen LogP contribution in [0.25, 0.3) is 0 Å². The van der Waals surface area contributed by atoms with Crippen LogP contribution >= 0.6 is 22.9 Å². The number of ketones is 1. The van der Waals surface area contributed by atoms with Crippen LogP contribution in [0.4, 0.5) is 19.1 Å². The van der Waals surface area contributed by atoms with Crippen molar-refractivity contribution in [1.82, 2.24) is 14.8 Å². The van der Waals surface area contributed by atoms with Crippen LogP contribution in [0.1, 0.15) is 26.2 Å². The molecule has 0 fully saturated rings. The summed E-state index contributed by atoms with van der Waals surface area (Å²) in [7, 11) is 0. The normalized spacial score (nSPS) is 16.7. The summed E-state index contributed by atoms with van der Waals surface area (Å²) < 4.78 is 42.9. The molecule has 28 heavy (non-hydrogen) atoms. The Hall–Kier alpha value is -2.65. The smallest absolute Gasteiger partial charge is 0.320 e. The molecular formula is C18H12ClF3N4OS. The van der Waals surface area contributed by atoms with Gasteiger partial charge in [0.25, 0.3) is 0 Å². The first-order valence-corrected chi connectivity index (χ1v) is 9.29. The van der Waals surface area contributed by atoms with Gasteiger partial charge in [0.1, 0.15) is 18.1 Å². The van der Waals surface area contributed by atoms with E-state index in [-0.39, 0.29) is 10.8 Å². The lowest BCUT2D eigenvalue weighted by atomic mass is 9.91. The van der Waals surface area contributed by atoms with Crippen LogP contribution in [0.5, 0.6) is 0 Å². The summed E-state index contributed by atoms with van der Waals surface area (Å²) in [6, 6.07) is 8.39. The molecule has 3 aromatic rings. The van der Waals surface area contributed by atoms with E-state index in [9.17, 15) is 18.0 Å². The number of benzene rings is 1. The fourth-order valence-corrected chi connectivity index (χ4v) is 4.02. The average Bonchev–Trinajstić information content (AvgIpc) is 3.28. The number of hydrogen-bond donors (Lipinski definition) is 1. The second-order valence-electron chi connectivity index (χ2n) is 6.13. The number of Topliss-reactive ketones (excluding diaryl/α,β-unsaturated/α-hetero) is 1. The maximum absolute atomic E-state index is 13.9. The minimum Gasteiger partial charge on any atom is -0.320 e. The molecule has 1 aliphatic rings. The Labute approximate surface area is 166 Å². The summed E-state index contributed by atoms with van der Waals surface area (Å²) in [4.78, 5) is 18.1. The molecule has 1 N–H and O–H groups in total. The molecule has 3 heterocycles. The lowest BCUT2D eigenvalue weighted by Gasteiger charge is -2.30. The first kappa shape index (κ1) is 18.7. The third kappa shape index (κ3) is 3.20. The Bertz CT molecular complexity index is 1080. The fourth-order valence-electron chi connectivity index (χ4n) is 3.07. The number of allylic oxidation sites excluding steroid dienone is 2. The molecule has 144 valence electrons. The highest BCUT2D eigenvalue weighted by Gasteiger charge is 2.46. The first-order valence-electron chi connectivity index (χ1n) is 8.10. The molecule has 10 heteroatoms. The predicted octanol–water partition coefficient (Wildman–Crippen LogP) is 5.02. The van der Waals surface area contributed by atoms with E-state index in [1.54, 1.807) is 37.3 Å². The molecule has 5 nitrogen and oxygen atoms in total. The SMILES string of the molecule is Cc1ccc(C(=O)C2=C(C(F)(F)F)Nc3ncnn3[C@H]2c2ccc(Cl)cc2)s1. The molecule has 0 aliphatic carbocycles. The van der Waals surface area contributed by atoms with Crippen molar-refractivity contribution in [2.24, 2.45) is 0 Å². The zero-order chi connectivity index (χ0) is 20.1. The van der Waals surface area contributed by atoms with Crippen molar-refractivity contribution in [3.8, 4) is 0 Å². The number of carbonyl (C=O) groups is 1. The number of nitrogens with one attached hydrogen (secondary N) is 1. The van der Waals surface area contributed by atoms with Gasteiger partial charge in [-0.25, -0.2) is 4.68 Å². The Kier molecular flexibility index (Phi) is 4.51. The minimum atomic E-state index is -4.78. The summed E-state index contributed by atoms with van der Waals surface area (Å²) in [5.41, 5.74) is -1.13. The third-order valence-corrected chi connectivity index (χ3v) is 5.53. The molecule has 1 atom stereocenters. The molecule has 0 radical (unpaired) electrons. The van der Waals surface area contributed by atoms with Gasteiger partial charge in [0.15, 0.2) is 0 Å². The third-order valence-electron chi connectivity index (χ3n) is 4.28. The number of hydrogen-bond acceptors (Lipinski definition) is 5. The highest BCUT2D eigenvalue weighted by atomic mass is 35.5. The molecule has 0 unspecified atom stereocenters. The molecule has 1 aromatic carbocycles. The topological polar surface area (TPSA) is 59.8 Å². The van der Waals surface area contributed by atoms with Crippen LogP contribution in [0.3, 0.4) is 0 Å². The van der Waals surface area contributed by atoms with Crippen molar-refractivity contribution in [1.29, 1.82) is 0 Å². The zero-order valence-corrected chi connectivity index (χ0v) is 15.9. The van der Waals surface area contributed by atoms with Gasteiger partial charge in [-0.15, -0.1) is 11.3 Å². The van der Waals surface area contributed by atoms with E-state index >= 15 is 0 Å². The number of alkyl halides is 3. The van der Waals surface area contributed by atoms with E-state index in [4.69, 9.17) is 11.6 Å². The molecule has 0 bridgehead atoms. The van der Waals surface area contributed by atoms with Gasteiger partial charge in [-0.1, -0.05) is 23.7 Å². The molecule has 2 aromatic heterocycles. The van der Waals surface area contributed by atoms with Crippen molar-refractivity contribution < 1.29 is 18.0 Å². The van der Waals surface area contributed by atoms with E-state index in [0.29, 0.717) is 10.6 Å². The number of rotatable bonds is 3. The summed E-state index contributed by atoms with van der Waals surface area (Å²) >= 11 is 7.06. The highest BCUT2D eigenvalue weighted by molar-refractivity contribution is 7.14. The van der Waals surface area contributed by atoms with E-state index in [2.05, 4.69) is 15.4 Å². The van der Waals surface area contributed by atoms with E-state index in [0.717, 1.165) is 22.5 Å². The number of halogens is 4. The minimum absolute atomic E-state index is 0.0915. The highest BCUT2D eigenvalue weighted by Crippen LogP contribution is 2.42. The number of aromatic nitrogens is 3. The summed E-state index contributed by atoms with van der Waals surface area (Å²) in [6.45, 7) is 1.78. The molecule has 4 rings (SSSR count). The van der Waals surface area contributed by atoms with Crippen LogP contribution in [-0.2, 0) is 0 Å². The van der Waals surface area contributed by atoms with Crippen molar-refractivity contribution in [3.05, 3.63) is 74.3 Å². The largest absolute Gasteiger partial charge is 0.431 e. The fraction of sp³-hybridized carbons (Fsp3) is 0.167. The van der Waals surface area contributed by atoms with Gasteiger partial charge in [0, 0.05) is 9.90 Å². The van der Waals surface area contributed by atoms with Gasteiger partial charge in [0.05, 0.1) is 10.5 Å². The standard InChI is InChI=1S/C18H12ClF3N4OS/c1-9-2-7-12(28-9)15(27)13-14(10-3-5-11(19)6-4-10)26-17(23-8-24-26)25-16(13)18(20,21)22/h2-8,14H,1H3,(H,23,24,25)/t14-/m0/s1. The second-order valence-corrected chi connectivity index (χ2v) is 7.86. The molecule has 1 aliphatic heterocycles. The summed E-state index contributed by atoms with van der Waals surface area (Å²) in [5, 5.41) is 6.71. The Morgan fingerprint density at radius 3 is 2.54 bits per heavy atom. The quantitative estimate of drug-likeness (QED) is 0.600. The number of thiophene rings is 1. The molecule has 0 spiro atoms. The Morgan fingerprint density at radius 2 is 1.93 bits per heavy atom. The maximum atomic E-state index is 13.9. The number of fused-ring (bicyclic) bond motifs is 1.